The Hall–Kier alpha value is -1.50. The van der Waals surface area contributed by atoms with E-state index in [-0.39, 0.29) is 9.99 Å². The van der Waals surface area contributed by atoms with Gasteiger partial charge in [0.15, 0.2) is 0 Å². The summed E-state index contributed by atoms with van der Waals surface area (Å²) in [4.78, 5) is 11.1. The third-order valence-corrected chi connectivity index (χ3v) is 3.25. The molecule has 0 radical (unpaired) electrons. The minimum Gasteiger partial charge on any atom is -0.477 e. The molecule has 1 N–H and O–H groups in total. The number of carboxylic acids is 1. The molecule has 0 amide bonds. The van der Waals surface area contributed by atoms with Gasteiger partial charge in [-0.15, -0.1) is 0 Å². The van der Waals surface area contributed by atoms with Crippen molar-refractivity contribution in [3.05, 3.63) is 34.4 Å². The van der Waals surface area contributed by atoms with Crippen LogP contribution in [-0.2, 0) is 6.54 Å². The molecule has 0 saturated carbocycles. The number of carboxylic acid groups (broad SMARTS) is 1. The molecule has 18 heavy (non-hydrogen) atoms. The summed E-state index contributed by atoms with van der Waals surface area (Å²) in [5, 5.41) is 9.47. The van der Waals surface area contributed by atoms with Crippen LogP contribution < -0.4 is 0 Å². The van der Waals surface area contributed by atoms with Crippen LogP contribution in [0.15, 0.2) is 28.7 Å². The van der Waals surface area contributed by atoms with Crippen LogP contribution in [0.2, 0.25) is 0 Å². The van der Waals surface area contributed by atoms with Crippen LogP contribution >= 0.6 is 15.9 Å². The molecule has 1 heterocycles. The number of hydrogen-bond acceptors (Lipinski definition) is 1. The molecule has 0 aliphatic carbocycles. The van der Waals surface area contributed by atoms with Gasteiger partial charge in [-0.2, -0.15) is 13.2 Å². The number of carbonyl (C=O) groups is 1. The number of aromatic carboxylic acids is 1. The molecule has 0 atom stereocenters. The number of halogens is 4. The summed E-state index contributed by atoms with van der Waals surface area (Å²) in [6.45, 7) is -1.33. The number of nitrogens with zero attached hydrogens (tertiary/aromatic N) is 1. The number of alkyl halides is 3. The lowest BCUT2D eigenvalue weighted by Crippen LogP contribution is -2.21. The maximum atomic E-state index is 12.5. The highest BCUT2D eigenvalue weighted by Gasteiger charge is 2.32. The highest BCUT2D eigenvalue weighted by molar-refractivity contribution is 9.10. The number of para-hydroxylation sites is 1. The van der Waals surface area contributed by atoms with E-state index in [2.05, 4.69) is 15.9 Å². The van der Waals surface area contributed by atoms with Crippen LogP contribution in [0, 0.1) is 0 Å². The molecule has 2 rings (SSSR count). The van der Waals surface area contributed by atoms with Gasteiger partial charge in [-0.1, -0.05) is 18.2 Å². The van der Waals surface area contributed by atoms with Gasteiger partial charge >= 0.3 is 12.1 Å². The third kappa shape index (κ3) is 2.22. The van der Waals surface area contributed by atoms with Gasteiger partial charge in [-0.25, -0.2) is 4.79 Å². The normalized spacial score (nSPS) is 12.0. The quantitative estimate of drug-likeness (QED) is 0.917. The van der Waals surface area contributed by atoms with Crippen molar-refractivity contribution >= 4 is 32.8 Å². The Bertz CT molecular complexity index is 619. The predicted octanol–water partition coefficient (Wildman–Crippen LogP) is 3.66. The Kier molecular flexibility index (Phi) is 3.10. The van der Waals surface area contributed by atoms with E-state index < -0.39 is 24.4 Å². The Balaban J connectivity index is 2.75. The van der Waals surface area contributed by atoms with Gasteiger partial charge in [0.2, 0.25) is 0 Å². The summed E-state index contributed by atoms with van der Waals surface area (Å²) in [7, 11) is 0. The largest absolute Gasteiger partial charge is 0.477 e. The maximum Gasteiger partial charge on any atom is 0.406 e. The molecule has 0 saturated heterocycles. The van der Waals surface area contributed by atoms with E-state index in [0.29, 0.717) is 5.39 Å². The van der Waals surface area contributed by atoms with Gasteiger partial charge in [0.1, 0.15) is 12.2 Å². The van der Waals surface area contributed by atoms with Crippen LogP contribution in [0.4, 0.5) is 13.2 Å². The molecule has 96 valence electrons. The monoisotopic (exact) mass is 321 g/mol. The second-order valence-corrected chi connectivity index (χ2v) is 4.48. The van der Waals surface area contributed by atoms with E-state index in [1.807, 2.05) is 0 Å². The summed E-state index contributed by atoms with van der Waals surface area (Å²) in [6.07, 6.45) is -4.48. The van der Waals surface area contributed by atoms with E-state index >= 15 is 0 Å². The Morgan fingerprint density at radius 3 is 2.50 bits per heavy atom. The lowest BCUT2D eigenvalue weighted by Gasteiger charge is -2.11. The highest BCUT2D eigenvalue weighted by Crippen LogP contribution is 2.33. The molecule has 1 aromatic heterocycles. The first-order valence-electron chi connectivity index (χ1n) is 4.88. The van der Waals surface area contributed by atoms with Crippen LogP contribution in [0.25, 0.3) is 10.9 Å². The van der Waals surface area contributed by atoms with E-state index in [9.17, 15) is 18.0 Å². The van der Waals surface area contributed by atoms with Gasteiger partial charge in [0.25, 0.3) is 0 Å². The number of hydrogen-bond donors (Lipinski definition) is 1. The predicted molar refractivity (Wildman–Crippen MR) is 62.7 cm³/mol. The van der Waals surface area contributed by atoms with Crippen molar-refractivity contribution in [2.45, 2.75) is 12.7 Å². The van der Waals surface area contributed by atoms with E-state index in [0.717, 1.165) is 4.57 Å². The van der Waals surface area contributed by atoms with Crippen molar-refractivity contribution in [2.24, 2.45) is 0 Å². The molecule has 0 spiro atoms. The average molecular weight is 322 g/mol. The third-order valence-electron chi connectivity index (χ3n) is 2.45. The summed E-state index contributed by atoms with van der Waals surface area (Å²) in [6, 6.07) is 6.22. The second kappa shape index (κ2) is 4.31. The van der Waals surface area contributed by atoms with Crippen molar-refractivity contribution < 1.29 is 23.1 Å². The van der Waals surface area contributed by atoms with Crippen molar-refractivity contribution in [2.75, 3.05) is 0 Å². The van der Waals surface area contributed by atoms with E-state index in [1.54, 1.807) is 18.2 Å². The number of aromatic nitrogens is 1. The summed E-state index contributed by atoms with van der Waals surface area (Å²) in [5.74, 6) is -1.40. The number of fused-ring (bicyclic) bond motifs is 1. The first-order valence-corrected chi connectivity index (χ1v) is 5.67. The number of rotatable bonds is 2. The Morgan fingerprint density at radius 2 is 1.94 bits per heavy atom. The first kappa shape index (κ1) is 12.9. The number of benzene rings is 1. The molecule has 2 aromatic rings. The molecule has 0 fully saturated rings. The van der Waals surface area contributed by atoms with Crippen molar-refractivity contribution in [1.82, 2.24) is 4.57 Å². The van der Waals surface area contributed by atoms with Gasteiger partial charge < -0.3 is 9.67 Å². The maximum absolute atomic E-state index is 12.5. The van der Waals surface area contributed by atoms with Crippen molar-refractivity contribution in [1.29, 1.82) is 0 Å². The zero-order valence-electron chi connectivity index (χ0n) is 8.83. The smallest absolute Gasteiger partial charge is 0.406 e. The summed E-state index contributed by atoms with van der Waals surface area (Å²) in [5.41, 5.74) is -0.160. The van der Waals surface area contributed by atoms with Crippen LogP contribution in [0.1, 0.15) is 10.5 Å². The SMILES string of the molecule is O=C(O)c1c(Br)c2ccccc2n1CC(F)(F)F. The fourth-order valence-electron chi connectivity index (χ4n) is 1.81. The first-order chi connectivity index (χ1) is 8.31. The van der Waals surface area contributed by atoms with Crippen molar-refractivity contribution in [3.8, 4) is 0 Å². The minimum absolute atomic E-state index is 0.162. The van der Waals surface area contributed by atoms with Crippen LogP contribution in [0.5, 0.6) is 0 Å². The molecule has 3 nitrogen and oxygen atoms in total. The lowest BCUT2D eigenvalue weighted by atomic mass is 10.2. The molecule has 7 heteroatoms. The van der Waals surface area contributed by atoms with Crippen LogP contribution in [0.3, 0.4) is 0 Å². The molecule has 1 aromatic carbocycles. The molecular formula is C11H7BrF3NO2. The van der Waals surface area contributed by atoms with Crippen LogP contribution in [-0.4, -0.2) is 21.8 Å². The Labute approximate surface area is 108 Å². The van der Waals surface area contributed by atoms with Crippen molar-refractivity contribution in [3.63, 3.8) is 0 Å². The highest BCUT2D eigenvalue weighted by atomic mass is 79.9. The minimum atomic E-state index is -4.48. The van der Waals surface area contributed by atoms with Gasteiger partial charge in [-0.05, 0) is 22.0 Å². The van der Waals surface area contributed by atoms with E-state index in [1.165, 1.54) is 6.07 Å². The summed E-state index contributed by atoms with van der Waals surface area (Å²) < 4.78 is 38.4. The standard InChI is InChI=1S/C11H7BrF3NO2/c12-8-6-3-1-2-4-7(6)16(5-11(13,14)15)9(8)10(17)18/h1-4H,5H2,(H,17,18). The fraction of sp³-hybridized carbons (Fsp3) is 0.182. The topological polar surface area (TPSA) is 42.2 Å². The molecule has 0 aliphatic rings. The lowest BCUT2D eigenvalue weighted by molar-refractivity contribution is -0.140. The zero-order chi connectivity index (χ0) is 13.5. The molecule has 0 unspecified atom stereocenters. The molecule has 0 bridgehead atoms. The average Bonchev–Trinajstić information content (AvgIpc) is 2.51. The Morgan fingerprint density at radius 1 is 1.33 bits per heavy atom. The molecular weight excluding hydrogens is 315 g/mol. The van der Waals surface area contributed by atoms with E-state index in [4.69, 9.17) is 5.11 Å². The molecule has 0 aliphatic heterocycles. The van der Waals surface area contributed by atoms with Gasteiger partial charge in [-0.3, -0.25) is 0 Å². The van der Waals surface area contributed by atoms with Gasteiger partial charge in [0.05, 0.1) is 9.99 Å². The van der Waals surface area contributed by atoms with Gasteiger partial charge in [0, 0.05) is 5.39 Å². The zero-order valence-corrected chi connectivity index (χ0v) is 10.4. The second-order valence-electron chi connectivity index (χ2n) is 3.69. The fourth-order valence-corrected chi connectivity index (χ4v) is 2.53. The summed E-state index contributed by atoms with van der Waals surface area (Å²) >= 11 is 3.04.